The summed E-state index contributed by atoms with van der Waals surface area (Å²) < 4.78 is 0. The van der Waals surface area contributed by atoms with Crippen LogP contribution < -0.4 is 10.6 Å². The normalized spacial score (nSPS) is 10.4. The van der Waals surface area contributed by atoms with E-state index in [4.69, 9.17) is 5.11 Å². The minimum absolute atomic E-state index is 0.129. The fraction of sp³-hybridized carbons (Fsp3) is 0.167. The Bertz CT molecular complexity index is 765. The maximum atomic E-state index is 8.92. The zero-order valence-electron chi connectivity index (χ0n) is 13.2. The Hall–Kier alpha value is -2.99. The van der Waals surface area contributed by atoms with Gasteiger partial charge in [0.15, 0.2) is 0 Å². The number of benzene rings is 1. The Labute approximate surface area is 140 Å². The Kier molecular flexibility index (Phi) is 5.32. The number of hydrogen-bond acceptors (Lipinski definition) is 6. The molecule has 0 fully saturated rings. The van der Waals surface area contributed by atoms with Crippen molar-refractivity contribution in [2.24, 2.45) is 0 Å². The summed E-state index contributed by atoms with van der Waals surface area (Å²) in [6.45, 7) is 0.738. The highest BCUT2D eigenvalue weighted by molar-refractivity contribution is 5.66. The van der Waals surface area contributed by atoms with Crippen molar-refractivity contribution < 1.29 is 5.11 Å². The Morgan fingerprint density at radius 2 is 1.88 bits per heavy atom. The van der Waals surface area contributed by atoms with Crippen molar-refractivity contribution in [3.8, 4) is 11.3 Å². The highest BCUT2D eigenvalue weighted by Crippen LogP contribution is 2.23. The van der Waals surface area contributed by atoms with Gasteiger partial charge in [-0.25, -0.2) is 4.98 Å². The van der Waals surface area contributed by atoms with Crippen LogP contribution in [0, 0.1) is 0 Å². The maximum Gasteiger partial charge on any atom is 0.225 e. The van der Waals surface area contributed by atoms with Crippen molar-refractivity contribution in [2.75, 3.05) is 23.8 Å². The number of anilines is 3. The van der Waals surface area contributed by atoms with Crippen molar-refractivity contribution in [3.63, 3.8) is 0 Å². The molecule has 122 valence electrons. The molecule has 0 radical (unpaired) electrons. The van der Waals surface area contributed by atoms with Crippen LogP contribution in [0.5, 0.6) is 0 Å². The number of aromatic nitrogens is 3. The number of aliphatic hydroxyl groups is 1. The Morgan fingerprint density at radius 1 is 1.00 bits per heavy atom. The summed E-state index contributed by atoms with van der Waals surface area (Å²) >= 11 is 0. The van der Waals surface area contributed by atoms with Crippen LogP contribution in [0.4, 0.5) is 17.5 Å². The molecule has 6 heteroatoms. The second-order valence-electron chi connectivity index (χ2n) is 5.20. The highest BCUT2D eigenvalue weighted by atomic mass is 16.3. The van der Waals surface area contributed by atoms with Gasteiger partial charge in [0.1, 0.15) is 5.82 Å². The van der Waals surface area contributed by atoms with E-state index in [1.54, 1.807) is 12.4 Å². The smallest absolute Gasteiger partial charge is 0.225 e. The van der Waals surface area contributed by atoms with Crippen LogP contribution in [-0.2, 0) is 0 Å². The molecule has 0 saturated heterocycles. The lowest BCUT2D eigenvalue weighted by atomic mass is 10.2. The summed E-state index contributed by atoms with van der Waals surface area (Å²) in [5.41, 5.74) is 2.65. The fourth-order valence-electron chi connectivity index (χ4n) is 2.20. The van der Waals surface area contributed by atoms with E-state index in [1.807, 2.05) is 48.5 Å². The molecule has 0 aliphatic carbocycles. The van der Waals surface area contributed by atoms with Gasteiger partial charge in [-0.1, -0.05) is 18.2 Å². The van der Waals surface area contributed by atoms with Crippen LogP contribution in [0.2, 0.25) is 0 Å². The molecule has 3 aromatic rings. The van der Waals surface area contributed by atoms with Crippen LogP contribution in [-0.4, -0.2) is 33.2 Å². The molecule has 0 aliphatic heterocycles. The van der Waals surface area contributed by atoms with E-state index in [9.17, 15) is 0 Å². The summed E-state index contributed by atoms with van der Waals surface area (Å²) in [6, 6.07) is 15.6. The van der Waals surface area contributed by atoms with Crippen molar-refractivity contribution >= 4 is 17.5 Å². The zero-order valence-corrected chi connectivity index (χ0v) is 13.2. The molecule has 1 aromatic carbocycles. The number of nitrogens with zero attached hydrogens (tertiary/aromatic N) is 3. The predicted octanol–water partition coefficient (Wildman–Crippen LogP) is 3.08. The fourth-order valence-corrected chi connectivity index (χ4v) is 2.20. The van der Waals surface area contributed by atoms with E-state index < -0.39 is 0 Å². The van der Waals surface area contributed by atoms with E-state index in [2.05, 4.69) is 25.6 Å². The van der Waals surface area contributed by atoms with Gasteiger partial charge in [-0.15, -0.1) is 0 Å². The van der Waals surface area contributed by atoms with Crippen LogP contribution in [0.1, 0.15) is 6.42 Å². The summed E-state index contributed by atoms with van der Waals surface area (Å²) in [5, 5.41) is 15.3. The minimum atomic E-state index is 0.129. The van der Waals surface area contributed by atoms with Gasteiger partial charge >= 0.3 is 0 Å². The van der Waals surface area contributed by atoms with Crippen molar-refractivity contribution in [2.45, 2.75) is 6.42 Å². The largest absolute Gasteiger partial charge is 0.396 e. The van der Waals surface area contributed by atoms with Gasteiger partial charge in [0.05, 0.1) is 5.69 Å². The monoisotopic (exact) mass is 321 g/mol. The van der Waals surface area contributed by atoms with E-state index in [0.717, 1.165) is 16.9 Å². The SMILES string of the molecule is OCCCNc1nc(Nc2ccccc2)cc(-c2cccnc2)n1. The van der Waals surface area contributed by atoms with Crippen LogP contribution in [0.25, 0.3) is 11.3 Å². The number of pyridine rings is 1. The van der Waals surface area contributed by atoms with Crippen molar-refractivity contribution in [3.05, 3.63) is 60.9 Å². The standard InChI is InChI=1S/C18H19N5O/c24-11-5-10-20-18-22-16(14-6-4-9-19-13-14)12-17(23-18)21-15-7-2-1-3-8-15/h1-4,6-9,12-13,24H,5,10-11H2,(H2,20,21,22,23). The topological polar surface area (TPSA) is 83.0 Å². The second kappa shape index (κ2) is 8.03. The number of rotatable bonds is 7. The predicted molar refractivity (Wildman–Crippen MR) is 95.2 cm³/mol. The average molecular weight is 321 g/mol. The first-order valence-electron chi connectivity index (χ1n) is 7.81. The van der Waals surface area contributed by atoms with Gasteiger partial charge in [-0.3, -0.25) is 4.98 Å². The van der Waals surface area contributed by atoms with Crippen LogP contribution in [0.3, 0.4) is 0 Å². The van der Waals surface area contributed by atoms with Crippen LogP contribution >= 0.6 is 0 Å². The zero-order chi connectivity index (χ0) is 16.6. The molecular weight excluding hydrogens is 302 g/mol. The van der Waals surface area contributed by atoms with Crippen LogP contribution in [0.15, 0.2) is 60.9 Å². The maximum absolute atomic E-state index is 8.92. The van der Waals surface area contributed by atoms with Crippen molar-refractivity contribution in [1.82, 2.24) is 15.0 Å². The van der Waals surface area contributed by atoms with Crippen molar-refractivity contribution in [1.29, 1.82) is 0 Å². The second-order valence-corrected chi connectivity index (χ2v) is 5.20. The van der Waals surface area contributed by atoms with Gasteiger partial charge < -0.3 is 15.7 Å². The van der Waals surface area contributed by atoms with Gasteiger partial charge in [0.2, 0.25) is 5.95 Å². The third-order valence-corrected chi connectivity index (χ3v) is 3.35. The van der Waals surface area contributed by atoms with E-state index in [-0.39, 0.29) is 6.61 Å². The quantitative estimate of drug-likeness (QED) is 0.580. The number of para-hydroxylation sites is 1. The third-order valence-electron chi connectivity index (χ3n) is 3.35. The first-order valence-corrected chi connectivity index (χ1v) is 7.81. The number of nitrogens with one attached hydrogen (secondary N) is 2. The molecule has 0 amide bonds. The minimum Gasteiger partial charge on any atom is -0.396 e. The molecule has 0 atom stereocenters. The Balaban J connectivity index is 1.90. The summed E-state index contributed by atoms with van der Waals surface area (Å²) in [4.78, 5) is 13.2. The van der Waals surface area contributed by atoms with E-state index >= 15 is 0 Å². The number of hydrogen-bond donors (Lipinski definition) is 3. The summed E-state index contributed by atoms with van der Waals surface area (Å²) in [7, 11) is 0. The summed E-state index contributed by atoms with van der Waals surface area (Å²) in [5.74, 6) is 1.21. The Morgan fingerprint density at radius 3 is 2.62 bits per heavy atom. The molecule has 0 unspecified atom stereocenters. The molecule has 6 nitrogen and oxygen atoms in total. The first-order chi connectivity index (χ1) is 11.8. The molecule has 2 aromatic heterocycles. The lowest BCUT2D eigenvalue weighted by Gasteiger charge is -2.11. The molecule has 0 aliphatic rings. The van der Waals surface area contributed by atoms with E-state index in [1.165, 1.54) is 0 Å². The number of aliphatic hydroxyl groups excluding tert-OH is 1. The molecule has 0 saturated carbocycles. The summed E-state index contributed by atoms with van der Waals surface area (Å²) in [6.07, 6.45) is 4.14. The third kappa shape index (κ3) is 4.27. The van der Waals surface area contributed by atoms with E-state index in [0.29, 0.717) is 24.7 Å². The molecule has 3 N–H and O–H groups in total. The molecule has 0 bridgehead atoms. The molecular formula is C18H19N5O. The molecule has 24 heavy (non-hydrogen) atoms. The highest BCUT2D eigenvalue weighted by Gasteiger charge is 2.07. The molecule has 3 rings (SSSR count). The average Bonchev–Trinajstić information content (AvgIpc) is 2.63. The lowest BCUT2D eigenvalue weighted by molar-refractivity contribution is 0.292. The van der Waals surface area contributed by atoms with Gasteiger partial charge in [0.25, 0.3) is 0 Å². The lowest BCUT2D eigenvalue weighted by Crippen LogP contribution is -2.08. The van der Waals surface area contributed by atoms with Gasteiger partial charge in [0, 0.05) is 42.9 Å². The van der Waals surface area contributed by atoms with Gasteiger partial charge in [-0.2, -0.15) is 4.98 Å². The van der Waals surface area contributed by atoms with Gasteiger partial charge in [-0.05, 0) is 30.7 Å². The molecule has 0 spiro atoms. The molecule has 2 heterocycles. The first kappa shape index (κ1) is 15.9.